The number of carbonyl (C=O) groups is 2. The van der Waals surface area contributed by atoms with E-state index < -0.39 is 17.5 Å². The van der Waals surface area contributed by atoms with Gasteiger partial charge < -0.3 is 15.0 Å². The summed E-state index contributed by atoms with van der Waals surface area (Å²) in [6.45, 7) is 5.29. The number of piperidine rings is 1. The summed E-state index contributed by atoms with van der Waals surface area (Å²) in [6.07, 6.45) is 2.17. The number of amides is 2. The average Bonchev–Trinajstić information content (AvgIpc) is 2.73. The molecule has 1 aliphatic rings. The third-order valence-electron chi connectivity index (χ3n) is 5.51. The molecule has 2 aromatic rings. The molecule has 1 fully saturated rings. The molecule has 1 aliphatic heterocycles. The monoisotopic (exact) mass is 430 g/mol. The Morgan fingerprint density at radius 1 is 1.10 bits per heavy atom. The zero-order valence-electron chi connectivity index (χ0n) is 17.9. The highest BCUT2D eigenvalue weighted by Gasteiger charge is 2.26. The lowest BCUT2D eigenvalue weighted by atomic mass is 10.0. The van der Waals surface area contributed by atoms with E-state index in [2.05, 4.69) is 5.32 Å². The van der Waals surface area contributed by atoms with Crippen LogP contribution in [0.2, 0.25) is 0 Å². The Hall–Kier alpha value is -2.96. The molecule has 0 atom stereocenters. The van der Waals surface area contributed by atoms with Gasteiger partial charge in [0.1, 0.15) is 17.4 Å². The fraction of sp³-hybridized carbons (Fsp3) is 0.417. The maximum Gasteiger partial charge on any atom is 0.256 e. The molecular weight excluding hydrogens is 402 g/mol. The third-order valence-corrected chi connectivity index (χ3v) is 5.51. The van der Waals surface area contributed by atoms with Gasteiger partial charge in [-0.1, -0.05) is 18.2 Å². The van der Waals surface area contributed by atoms with E-state index in [9.17, 15) is 18.4 Å². The number of carbonyl (C=O) groups excluding carboxylic acids is 2. The van der Waals surface area contributed by atoms with E-state index in [4.69, 9.17) is 4.74 Å². The lowest BCUT2D eigenvalue weighted by Crippen LogP contribution is -2.46. The van der Waals surface area contributed by atoms with Crippen LogP contribution in [0.3, 0.4) is 0 Å². The van der Waals surface area contributed by atoms with Gasteiger partial charge in [0.15, 0.2) is 0 Å². The first kappa shape index (κ1) is 22.7. The van der Waals surface area contributed by atoms with E-state index in [1.165, 1.54) is 11.0 Å². The number of nitrogens with zero attached hydrogens (tertiary/aromatic N) is 1. The molecule has 1 heterocycles. The van der Waals surface area contributed by atoms with E-state index in [-0.39, 0.29) is 17.5 Å². The minimum atomic E-state index is -0.858. The highest BCUT2D eigenvalue weighted by atomic mass is 19.1. The number of aryl methyl sites for hydroxylation is 2. The summed E-state index contributed by atoms with van der Waals surface area (Å²) in [5, 5.41) is 3.00. The number of ether oxygens (including phenoxy) is 1. The van der Waals surface area contributed by atoms with Crippen LogP contribution < -0.4 is 10.1 Å². The average molecular weight is 430 g/mol. The molecule has 7 heteroatoms. The highest BCUT2D eigenvalue weighted by Crippen LogP contribution is 2.22. The number of para-hydroxylation sites is 1. The fourth-order valence-electron chi connectivity index (χ4n) is 3.79. The standard InChI is InChI=1S/C24H28F2N2O3/c1-16-5-3-6-17(2)23(16)31-14-4-7-22(29)27-19-10-12-28(13-11-19)24(30)20-9-8-18(25)15-21(20)26/h3,5-6,8-9,15,19H,4,7,10-14H2,1-2H3,(H,27,29). The summed E-state index contributed by atoms with van der Waals surface area (Å²) in [6, 6.07) is 8.92. The zero-order valence-corrected chi connectivity index (χ0v) is 17.9. The molecule has 2 amide bonds. The minimum absolute atomic E-state index is 0.0193. The van der Waals surface area contributed by atoms with Crippen LogP contribution in [0.5, 0.6) is 5.75 Å². The number of hydrogen-bond acceptors (Lipinski definition) is 3. The van der Waals surface area contributed by atoms with E-state index in [1.54, 1.807) is 0 Å². The van der Waals surface area contributed by atoms with Crippen molar-refractivity contribution in [2.75, 3.05) is 19.7 Å². The Labute approximate surface area is 181 Å². The fourth-order valence-corrected chi connectivity index (χ4v) is 3.79. The van der Waals surface area contributed by atoms with Crippen molar-refractivity contribution in [1.29, 1.82) is 0 Å². The van der Waals surface area contributed by atoms with Crippen molar-refractivity contribution >= 4 is 11.8 Å². The molecule has 0 spiro atoms. The van der Waals surface area contributed by atoms with Crippen LogP contribution in [0.1, 0.15) is 47.2 Å². The Morgan fingerprint density at radius 2 is 1.77 bits per heavy atom. The molecule has 0 radical (unpaired) electrons. The van der Waals surface area contributed by atoms with E-state index in [0.29, 0.717) is 51.4 Å². The first-order valence-corrected chi connectivity index (χ1v) is 10.6. The van der Waals surface area contributed by atoms with Crippen LogP contribution in [-0.2, 0) is 4.79 Å². The molecule has 3 rings (SSSR count). The van der Waals surface area contributed by atoms with Crippen LogP contribution in [0, 0.1) is 25.5 Å². The Morgan fingerprint density at radius 3 is 2.42 bits per heavy atom. The SMILES string of the molecule is Cc1cccc(C)c1OCCCC(=O)NC1CCN(C(=O)c2ccc(F)cc2F)CC1. The van der Waals surface area contributed by atoms with Crippen molar-refractivity contribution in [1.82, 2.24) is 10.2 Å². The number of rotatable bonds is 7. The van der Waals surface area contributed by atoms with Gasteiger partial charge in [0.05, 0.1) is 12.2 Å². The second kappa shape index (κ2) is 10.4. The summed E-state index contributed by atoms with van der Waals surface area (Å²) in [7, 11) is 0. The van der Waals surface area contributed by atoms with Crippen LogP contribution >= 0.6 is 0 Å². The van der Waals surface area contributed by atoms with Gasteiger partial charge >= 0.3 is 0 Å². The van der Waals surface area contributed by atoms with Crippen LogP contribution in [0.15, 0.2) is 36.4 Å². The molecule has 0 unspecified atom stereocenters. The molecule has 0 bridgehead atoms. The molecule has 0 saturated carbocycles. The first-order chi connectivity index (χ1) is 14.8. The van der Waals surface area contributed by atoms with Crippen molar-refractivity contribution in [2.45, 2.75) is 45.6 Å². The molecule has 5 nitrogen and oxygen atoms in total. The molecule has 0 aliphatic carbocycles. The maximum absolute atomic E-state index is 13.8. The second-order valence-corrected chi connectivity index (χ2v) is 7.93. The first-order valence-electron chi connectivity index (χ1n) is 10.6. The number of benzene rings is 2. The highest BCUT2D eigenvalue weighted by molar-refractivity contribution is 5.94. The van der Waals surface area contributed by atoms with Crippen LogP contribution in [0.4, 0.5) is 8.78 Å². The van der Waals surface area contributed by atoms with E-state index >= 15 is 0 Å². The van der Waals surface area contributed by atoms with Gasteiger partial charge in [-0.3, -0.25) is 9.59 Å². The van der Waals surface area contributed by atoms with Crippen LogP contribution in [0.25, 0.3) is 0 Å². The predicted octanol–water partition coefficient (Wildman–Crippen LogP) is 4.16. The molecule has 1 N–H and O–H groups in total. The second-order valence-electron chi connectivity index (χ2n) is 7.93. The van der Waals surface area contributed by atoms with Gasteiger partial charge in [0, 0.05) is 31.6 Å². The largest absolute Gasteiger partial charge is 0.493 e. The van der Waals surface area contributed by atoms with Crippen molar-refractivity contribution in [3.8, 4) is 5.75 Å². The van der Waals surface area contributed by atoms with Gasteiger partial charge in [-0.25, -0.2) is 8.78 Å². The number of halogens is 2. The summed E-state index contributed by atoms with van der Waals surface area (Å²) in [5.41, 5.74) is 2.02. The van der Waals surface area contributed by atoms with Crippen molar-refractivity contribution in [2.24, 2.45) is 0 Å². The summed E-state index contributed by atoms with van der Waals surface area (Å²) in [5.74, 6) is -1.19. The lowest BCUT2D eigenvalue weighted by Gasteiger charge is -2.32. The van der Waals surface area contributed by atoms with Gasteiger partial charge in [0.25, 0.3) is 5.91 Å². The molecule has 166 valence electrons. The Balaban J connectivity index is 1.38. The predicted molar refractivity (Wildman–Crippen MR) is 114 cm³/mol. The van der Waals surface area contributed by atoms with Crippen LogP contribution in [-0.4, -0.2) is 42.5 Å². The summed E-state index contributed by atoms with van der Waals surface area (Å²) >= 11 is 0. The summed E-state index contributed by atoms with van der Waals surface area (Å²) < 4.78 is 32.7. The molecular formula is C24H28F2N2O3. The van der Waals surface area contributed by atoms with Crippen molar-refractivity contribution < 1.29 is 23.1 Å². The quantitative estimate of drug-likeness (QED) is 0.671. The molecule has 0 aromatic heterocycles. The Kier molecular flexibility index (Phi) is 7.60. The molecule has 2 aromatic carbocycles. The van der Waals surface area contributed by atoms with Crippen molar-refractivity contribution in [3.63, 3.8) is 0 Å². The van der Waals surface area contributed by atoms with E-state index in [0.717, 1.165) is 22.9 Å². The third kappa shape index (κ3) is 6.03. The molecule has 1 saturated heterocycles. The van der Waals surface area contributed by atoms with Gasteiger partial charge in [-0.15, -0.1) is 0 Å². The number of likely N-dealkylation sites (tertiary alicyclic amines) is 1. The number of hydrogen-bond donors (Lipinski definition) is 1. The zero-order chi connectivity index (χ0) is 22.4. The van der Waals surface area contributed by atoms with Gasteiger partial charge in [-0.2, -0.15) is 0 Å². The van der Waals surface area contributed by atoms with Gasteiger partial charge in [0.2, 0.25) is 5.91 Å². The van der Waals surface area contributed by atoms with Gasteiger partial charge in [-0.05, 0) is 56.4 Å². The molecule has 31 heavy (non-hydrogen) atoms. The Bertz CT molecular complexity index is 920. The topological polar surface area (TPSA) is 58.6 Å². The smallest absolute Gasteiger partial charge is 0.256 e. The lowest BCUT2D eigenvalue weighted by molar-refractivity contribution is -0.122. The minimum Gasteiger partial charge on any atom is -0.493 e. The van der Waals surface area contributed by atoms with E-state index in [1.807, 2.05) is 32.0 Å². The number of nitrogens with one attached hydrogen (secondary N) is 1. The summed E-state index contributed by atoms with van der Waals surface area (Å²) in [4.78, 5) is 26.2. The maximum atomic E-state index is 13.8. The van der Waals surface area contributed by atoms with Crippen molar-refractivity contribution in [3.05, 3.63) is 64.7 Å². The normalized spacial score (nSPS) is 14.4.